The summed E-state index contributed by atoms with van der Waals surface area (Å²) in [6, 6.07) is 0. The van der Waals surface area contributed by atoms with E-state index >= 15 is 0 Å². The zero-order valence-electron chi connectivity index (χ0n) is 4.25. The van der Waals surface area contributed by atoms with Gasteiger partial charge >= 0.3 is 17.3 Å². The van der Waals surface area contributed by atoms with Crippen LogP contribution in [0.3, 0.4) is 0 Å². The first-order chi connectivity index (χ1) is 4.19. The highest BCUT2D eigenvalue weighted by molar-refractivity contribution is 6.33. The van der Waals surface area contributed by atoms with Gasteiger partial charge in [0.25, 0.3) is 0 Å². The van der Waals surface area contributed by atoms with E-state index in [-0.39, 0.29) is 0 Å². The van der Waals surface area contributed by atoms with Crippen LogP contribution in [0, 0.1) is 0 Å². The summed E-state index contributed by atoms with van der Waals surface area (Å²) in [5, 5.41) is 2.88. The van der Waals surface area contributed by atoms with Crippen molar-refractivity contribution < 1.29 is 27.5 Å². The number of rotatable bonds is 1. The van der Waals surface area contributed by atoms with Gasteiger partial charge in [0.05, 0.1) is 0 Å². The number of halogens is 5. The van der Waals surface area contributed by atoms with Gasteiger partial charge in [-0.05, 0) is 0 Å². The summed E-state index contributed by atoms with van der Waals surface area (Å²) in [5.41, 5.74) is 0. The van der Waals surface area contributed by atoms with Crippen LogP contribution in [-0.4, -0.2) is 22.4 Å². The molecular formula is C3HClF4O2. The molecule has 0 heterocycles. The molecule has 0 saturated heterocycles. The minimum Gasteiger partial charge on any atom is -0.478 e. The predicted molar refractivity (Wildman–Crippen MR) is 23.4 cm³/mol. The van der Waals surface area contributed by atoms with Crippen LogP contribution < -0.4 is 0 Å². The Morgan fingerprint density at radius 3 is 1.60 bits per heavy atom. The lowest BCUT2D eigenvalue weighted by molar-refractivity contribution is -0.210. The smallest absolute Gasteiger partial charge is 0.448 e. The van der Waals surface area contributed by atoms with Crippen molar-refractivity contribution in [2.45, 2.75) is 11.3 Å². The average molecular weight is 180 g/mol. The Morgan fingerprint density at radius 2 is 1.60 bits per heavy atom. The second-order valence-corrected chi connectivity index (χ2v) is 1.90. The van der Waals surface area contributed by atoms with E-state index in [4.69, 9.17) is 5.11 Å². The van der Waals surface area contributed by atoms with Gasteiger partial charge in [0.2, 0.25) is 0 Å². The lowest BCUT2D eigenvalue weighted by Gasteiger charge is -2.15. The van der Waals surface area contributed by atoms with Crippen molar-refractivity contribution in [2.75, 3.05) is 0 Å². The van der Waals surface area contributed by atoms with Crippen LogP contribution >= 0.6 is 11.6 Å². The van der Waals surface area contributed by atoms with Gasteiger partial charge in [-0.2, -0.15) is 13.2 Å². The minimum absolute atomic E-state index is 2.76. The second kappa shape index (κ2) is 2.26. The van der Waals surface area contributed by atoms with Gasteiger partial charge in [-0.1, -0.05) is 11.6 Å². The van der Waals surface area contributed by atoms with Gasteiger partial charge in [-0.25, -0.2) is 9.18 Å². The molecule has 0 rings (SSSR count). The zero-order chi connectivity index (χ0) is 8.58. The Morgan fingerprint density at radius 1 is 1.30 bits per heavy atom. The van der Waals surface area contributed by atoms with E-state index in [1.54, 1.807) is 0 Å². The standard InChI is InChI=1S/C3HClF4O2/c4-2(5,1(9)10)3(6,7)8/h(H,9,10)/t2-/m1/s1. The molecule has 0 aliphatic carbocycles. The molecule has 1 atom stereocenters. The average Bonchev–Trinajstić information content (AvgIpc) is 1.62. The molecule has 0 aromatic heterocycles. The first-order valence-corrected chi connectivity index (χ1v) is 2.25. The van der Waals surface area contributed by atoms with Crippen LogP contribution in [0.25, 0.3) is 0 Å². The fourth-order valence-electron chi connectivity index (χ4n) is 0.121. The Balaban J connectivity index is 4.57. The molecule has 0 fully saturated rings. The molecule has 0 unspecified atom stereocenters. The SMILES string of the molecule is O=C(O)[C@](F)(Cl)C(F)(F)F. The highest BCUT2D eigenvalue weighted by atomic mass is 35.5. The summed E-state index contributed by atoms with van der Waals surface area (Å²) in [4.78, 5) is 9.44. The summed E-state index contributed by atoms with van der Waals surface area (Å²) in [6.45, 7) is 0. The number of hydrogen-bond donors (Lipinski definition) is 1. The van der Waals surface area contributed by atoms with Gasteiger partial charge in [0, 0.05) is 0 Å². The number of carbonyl (C=O) groups is 1. The Kier molecular flexibility index (Phi) is 2.15. The fourth-order valence-corrected chi connectivity index (χ4v) is 0.121. The molecule has 0 aliphatic rings. The number of alkyl halides is 5. The van der Waals surface area contributed by atoms with Gasteiger partial charge < -0.3 is 5.11 Å². The number of carboxylic acids is 1. The van der Waals surface area contributed by atoms with Crippen LogP contribution in [0.15, 0.2) is 0 Å². The predicted octanol–water partition coefficient (Wildman–Crippen LogP) is 1.54. The molecule has 0 aromatic rings. The van der Waals surface area contributed by atoms with Crippen LogP contribution in [0.2, 0.25) is 0 Å². The summed E-state index contributed by atoms with van der Waals surface area (Å²) >= 11 is 3.96. The van der Waals surface area contributed by atoms with Crippen molar-refractivity contribution in [1.29, 1.82) is 0 Å². The molecule has 0 aliphatic heterocycles. The van der Waals surface area contributed by atoms with Crippen molar-refractivity contribution in [3.8, 4) is 0 Å². The molecule has 60 valence electrons. The van der Waals surface area contributed by atoms with Crippen molar-refractivity contribution in [2.24, 2.45) is 0 Å². The van der Waals surface area contributed by atoms with Gasteiger partial charge in [0.15, 0.2) is 0 Å². The number of aliphatic carboxylic acids is 1. The molecule has 0 amide bonds. The van der Waals surface area contributed by atoms with Crippen molar-refractivity contribution in [1.82, 2.24) is 0 Å². The molecule has 1 N–H and O–H groups in total. The Bertz CT molecular complexity index is 151. The fraction of sp³-hybridized carbons (Fsp3) is 0.667. The first-order valence-electron chi connectivity index (χ1n) is 1.87. The molecule has 7 heteroatoms. The Labute approximate surface area is 57.4 Å². The molecule has 0 aromatic carbocycles. The minimum atomic E-state index is -5.58. The van der Waals surface area contributed by atoms with Crippen LogP contribution in [0.4, 0.5) is 17.6 Å². The number of carboxylic acid groups (broad SMARTS) is 1. The lowest BCUT2D eigenvalue weighted by atomic mass is 10.4. The lowest BCUT2D eigenvalue weighted by Crippen LogP contribution is -2.42. The maximum Gasteiger partial charge on any atom is 0.448 e. The first kappa shape index (κ1) is 9.48. The molecule has 0 saturated carbocycles. The summed E-state index contributed by atoms with van der Waals surface area (Å²) in [7, 11) is 0. The summed E-state index contributed by atoms with van der Waals surface area (Å²) < 4.78 is 45.3. The van der Waals surface area contributed by atoms with Crippen LogP contribution in [-0.2, 0) is 4.79 Å². The zero-order valence-corrected chi connectivity index (χ0v) is 5.00. The van der Waals surface area contributed by atoms with E-state index in [1.807, 2.05) is 0 Å². The van der Waals surface area contributed by atoms with E-state index in [0.717, 1.165) is 0 Å². The van der Waals surface area contributed by atoms with Crippen LogP contribution in [0.1, 0.15) is 0 Å². The highest BCUT2D eigenvalue weighted by Gasteiger charge is 2.61. The van der Waals surface area contributed by atoms with Crippen molar-refractivity contribution in [3.05, 3.63) is 0 Å². The molecule has 0 radical (unpaired) electrons. The topological polar surface area (TPSA) is 37.3 Å². The second-order valence-electron chi connectivity index (χ2n) is 1.38. The third-order valence-electron chi connectivity index (χ3n) is 0.625. The largest absolute Gasteiger partial charge is 0.478 e. The number of hydrogen-bond acceptors (Lipinski definition) is 1. The van der Waals surface area contributed by atoms with E-state index in [9.17, 15) is 22.4 Å². The highest BCUT2D eigenvalue weighted by Crippen LogP contribution is 2.37. The van der Waals surface area contributed by atoms with Crippen LogP contribution in [0.5, 0.6) is 0 Å². The third kappa shape index (κ3) is 1.50. The normalized spacial score (nSPS) is 18.1. The maximum atomic E-state index is 11.8. The molecule has 0 bridgehead atoms. The quantitative estimate of drug-likeness (QED) is 0.491. The van der Waals surface area contributed by atoms with Gasteiger partial charge in [0.1, 0.15) is 0 Å². The van der Waals surface area contributed by atoms with E-state index in [2.05, 4.69) is 11.6 Å². The molecule has 2 nitrogen and oxygen atoms in total. The summed E-state index contributed by atoms with van der Waals surface area (Å²) in [6.07, 6.45) is -5.58. The van der Waals surface area contributed by atoms with Crippen molar-refractivity contribution >= 4 is 17.6 Å². The third-order valence-corrected chi connectivity index (χ3v) is 1.00. The van der Waals surface area contributed by atoms with E-state index < -0.39 is 17.3 Å². The molecule has 10 heavy (non-hydrogen) atoms. The monoisotopic (exact) mass is 180 g/mol. The van der Waals surface area contributed by atoms with Gasteiger partial charge in [-0.3, -0.25) is 0 Å². The summed E-state index contributed by atoms with van der Waals surface area (Å²) in [5.74, 6) is -2.76. The molecule has 0 spiro atoms. The van der Waals surface area contributed by atoms with E-state index in [1.165, 1.54) is 0 Å². The van der Waals surface area contributed by atoms with Gasteiger partial charge in [-0.15, -0.1) is 0 Å². The maximum absolute atomic E-state index is 11.8. The molecular weight excluding hydrogens is 179 g/mol. The van der Waals surface area contributed by atoms with Crippen molar-refractivity contribution in [3.63, 3.8) is 0 Å². The Hall–Kier alpha value is -0.520. The van der Waals surface area contributed by atoms with E-state index in [0.29, 0.717) is 0 Å².